The Hall–Kier alpha value is -3.59. The Morgan fingerprint density at radius 1 is 0.970 bits per heavy atom. The Morgan fingerprint density at radius 2 is 1.55 bits per heavy atom. The fraction of sp³-hybridized carbons (Fsp3) is 0.235. The molecule has 0 bridgehead atoms. The molecule has 0 aliphatic rings. The van der Waals surface area contributed by atoms with Gasteiger partial charge in [-0.25, -0.2) is 4.39 Å². The summed E-state index contributed by atoms with van der Waals surface area (Å²) in [6, 6.07) is 1.81. The van der Waals surface area contributed by atoms with Crippen molar-refractivity contribution in [3.63, 3.8) is 0 Å². The van der Waals surface area contributed by atoms with Crippen LogP contribution in [-0.2, 0) is 10.5 Å². The van der Waals surface area contributed by atoms with Crippen molar-refractivity contribution < 1.29 is 58.4 Å². The van der Waals surface area contributed by atoms with Crippen molar-refractivity contribution in [2.45, 2.75) is 24.6 Å². The third kappa shape index (κ3) is 4.63. The summed E-state index contributed by atoms with van der Waals surface area (Å²) in [5.74, 6) is -3.29. The lowest BCUT2D eigenvalue weighted by Crippen LogP contribution is -2.50. The molecule has 0 unspecified atom stereocenters. The highest BCUT2D eigenvalue weighted by Crippen LogP contribution is 2.54. The second kappa shape index (κ2) is 8.74. The van der Waals surface area contributed by atoms with Crippen LogP contribution in [0.3, 0.4) is 0 Å². The van der Waals surface area contributed by atoms with Gasteiger partial charge in [0.1, 0.15) is 0 Å². The summed E-state index contributed by atoms with van der Waals surface area (Å²) in [7, 11) is 0. The lowest BCUT2D eigenvalue weighted by atomic mass is 9.93. The van der Waals surface area contributed by atoms with Gasteiger partial charge in [-0.2, -0.15) is 39.5 Å². The van der Waals surface area contributed by atoms with E-state index in [1.807, 2.05) is 0 Å². The van der Waals surface area contributed by atoms with E-state index in [1.54, 1.807) is 0 Å². The molecule has 0 saturated carbocycles. The van der Waals surface area contributed by atoms with Crippen LogP contribution in [0.15, 0.2) is 36.4 Å². The lowest BCUT2D eigenvalue weighted by molar-refractivity contribution is -0.387. The molecule has 1 amide bonds. The lowest BCUT2D eigenvalue weighted by Gasteiger charge is -2.31. The van der Waals surface area contributed by atoms with Crippen LogP contribution in [-0.4, -0.2) is 30.3 Å². The van der Waals surface area contributed by atoms with Crippen LogP contribution in [0.2, 0.25) is 0 Å². The summed E-state index contributed by atoms with van der Waals surface area (Å²) in [6.07, 6.45) is -13.5. The van der Waals surface area contributed by atoms with Gasteiger partial charge in [0.2, 0.25) is 12.2 Å². The third-order valence-corrected chi connectivity index (χ3v) is 4.13. The topological polar surface area (TPSA) is 72.7 Å². The van der Waals surface area contributed by atoms with Crippen molar-refractivity contribution in [3.8, 4) is 5.75 Å². The zero-order valence-corrected chi connectivity index (χ0v) is 15.4. The second-order valence-corrected chi connectivity index (χ2v) is 6.06. The zero-order chi connectivity index (χ0) is 25.4. The van der Waals surface area contributed by atoms with Crippen molar-refractivity contribution in [3.05, 3.63) is 57.9 Å². The van der Waals surface area contributed by atoms with E-state index in [0.717, 1.165) is 6.07 Å². The molecule has 0 fully saturated rings. The van der Waals surface area contributed by atoms with Crippen molar-refractivity contribution >= 4 is 23.5 Å². The Kier molecular flexibility index (Phi) is 6.80. The molecule has 0 heterocycles. The Bertz CT molecular complexity index is 1040. The summed E-state index contributed by atoms with van der Waals surface area (Å²) in [5.41, 5.74) is -11.5. The fourth-order valence-electron chi connectivity index (χ4n) is 2.68. The molecule has 0 aliphatic carbocycles. The molecule has 0 spiro atoms. The van der Waals surface area contributed by atoms with Gasteiger partial charge in [0.15, 0.2) is 5.75 Å². The van der Waals surface area contributed by atoms with Crippen LogP contribution < -0.4 is 9.64 Å². The first-order valence-corrected chi connectivity index (χ1v) is 8.15. The highest BCUT2D eigenvalue weighted by atomic mass is 19.4. The summed E-state index contributed by atoms with van der Waals surface area (Å²) < 4.78 is 136. The maximum Gasteiger partial charge on any atom is 0.435 e. The SMILES string of the molecule is O=CN(c1ccc(C(F)(C(F)(F)F)C(F)(F)F)cc1OC(F)F)c1cccc([N+](=O)[O-])c1F. The minimum absolute atomic E-state index is 0.0327. The van der Waals surface area contributed by atoms with E-state index in [2.05, 4.69) is 4.74 Å². The summed E-state index contributed by atoms with van der Waals surface area (Å²) >= 11 is 0. The van der Waals surface area contributed by atoms with Gasteiger partial charge in [-0.1, -0.05) is 12.1 Å². The van der Waals surface area contributed by atoms with Crippen LogP contribution in [0, 0.1) is 15.9 Å². The van der Waals surface area contributed by atoms with Gasteiger partial charge >= 0.3 is 30.3 Å². The Morgan fingerprint density at radius 3 is 2.00 bits per heavy atom. The minimum Gasteiger partial charge on any atom is -0.433 e. The number of rotatable bonds is 7. The largest absolute Gasteiger partial charge is 0.435 e. The number of nitro groups is 1. The monoisotopic (exact) mass is 494 g/mol. The first-order valence-electron chi connectivity index (χ1n) is 8.15. The van der Waals surface area contributed by atoms with E-state index in [0.29, 0.717) is 12.1 Å². The number of ether oxygens (including phenoxy) is 1. The molecule has 180 valence electrons. The molecule has 0 atom stereocenters. The number of carbonyl (C=O) groups is 1. The zero-order valence-electron chi connectivity index (χ0n) is 15.4. The summed E-state index contributed by atoms with van der Waals surface area (Å²) in [4.78, 5) is 21.1. The van der Waals surface area contributed by atoms with E-state index in [-0.39, 0.29) is 23.4 Å². The fourth-order valence-corrected chi connectivity index (χ4v) is 2.68. The van der Waals surface area contributed by atoms with Crippen molar-refractivity contribution in [2.75, 3.05) is 4.90 Å². The van der Waals surface area contributed by atoms with E-state index < -0.39 is 69.8 Å². The number of hydrogen-bond acceptors (Lipinski definition) is 4. The minimum atomic E-state index is -6.59. The van der Waals surface area contributed by atoms with Gasteiger partial charge in [-0.15, -0.1) is 0 Å². The first kappa shape index (κ1) is 25.7. The van der Waals surface area contributed by atoms with Gasteiger partial charge in [0, 0.05) is 11.6 Å². The number of nitrogens with zero attached hydrogens (tertiary/aromatic N) is 2. The van der Waals surface area contributed by atoms with Gasteiger partial charge in [0.05, 0.1) is 16.3 Å². The number of hydrogen-bond donors (Lipinski definition) is 0. The highest BCUT2D eigenvalue weighted by Gasteiger charge is 2.73. The second-order valence-electron chi connectivity index (χ2n) is 6.06. The van der Waals surface area contributed by atoms with Gasteiger partial charge in [-0.3, -0.25) is 19.8 Å². The highest BCUT2D eigenvalue weighted by molar-refractivity contribution is 5.90. The predicted octanol–water partition coefficient (Wildman–Crippen LogP) is 5.92. The maximum atomic E-state index is 14.4. The molecule has 0 aliphatic heterocycles. The van der Waals surface area contributed by atoms with E-state index in [1.165, 1.54) is 0 Å². The van der Waals surface area contributed by atoms with Crippen molar-refractivity contribution in [2.24, 2.45) is 0 Å². The van der Waals surface area contributed by atoms with Crippen molar-refractivity contribution in [1.29, 1.82) is 0 Å². The number of nitro benzene ring substituents is 1. The quantitative estimate of drug-likeness (QED) is 0.207. The predicted molar refractivity (Wildman–Crippen MR) is 89.2 cm³/mol. The molecule has 2 rings (SSSR count). The Labute approximate surface area is 176 Å². The molecule has 0 saturated heterocycles. The molecule has 16 heteroatoms. The Balaban J connectivity index is 2.79. The van der Waals surface area contributed by atoms with Crippen LogP contribution in [0.1, 0.15) is 5.56 Å². The molecule has 6 nitrogen and oxygen atoms in total. The van der Waals surface area contributed by atoms with Crippen LogP contribution in [0.4, 0.5) is 61.0 Å². The average molecular weight is 494 g/mol. The van der Waals surface area contributed by atoms with Crippen LogP contribution in [0.5, 0.6) is 5.75 Å². The maximum absolute atomic E-state index is 14.4. The molecule has 0 aromatic heterocycles. The molecular formula is C17H8F10N2O4. The molecule has 0 radical (unpaired) electrons. The summed E-state index contributed by atoms with van der Waals surface area (Å²) in [5, 5.41) is 10.9. The molecular weight excluding hydrogens is 486 g/mol. The number of halogens is 10. The third-order valence-electron chi connectivity index (χ3n) is 4.13. The first-order chi connectivity index (χ1) is 15.1. The average Bonchev–Trinajstić information content (AvgIpc) is 2.67. The van der Waals surface area contributed by atoms with E-state index in [9.17, 15) is 58.8 Å². The number of benzene rings is 2. The van der Waals surface area contributed by atoms with Gasteiger partial charge < -0.3 is 4.74 Å². The van der Waals surface area contributed by atoms with Crippen LogP contribution >= 0.6 is 0 Å². The molecule has 33 heavy (non-hydrogen) atoms. The number of amides is 1. The van der Waals surface area contributed by atoms with E-state index in [4.69, 9.17) is 0 Å². The smallest absolute Gasteiger partial charge is 0.433 e. The molecule has 2 aromatic carbocycles. The summed E-state index contributed by atoms with van der Waals surface area (Å²) in [6.45, 7) is -3.90. The van der Waals surface area contributed by atoms with Gasteiger partial charge in [-0.05, 0) is 18.2 Å². The number of carbonyl (C=O) groups excluding carboxylic acids is 1. The van der Waals surface area contributed by atoms with Gasteiger partial charge in [0.25, 0.3) is 0 Å². The molecule has 2 aromatic rings. The van der Waals surface area contributed by atoms with Crippen LogP contribution in [0.25, 0.3) is 0 Å². The molecule has 0 N–H and O–H groups in total. The standard InChI is InChI=1S/C17H8F10N2O4/c18-13-10(2-1-3-11(13)29(31)32)28(7-30)9-5-4-8(6-12(9)33-14(19)20)15(21,16(22,23)24)17(25,26)27/h1-7,14H. The van der Waals surface area contributed by atoms with E-state index >= 15 is 0 Å². The number of anilines is 2. The normalized spacial score (nSPS) is 12.6. The number of alkyl halides is 9. The van der Waals surface area contributed by atoms with Crippen molar-refractivity contribution in [1.82, 2.24) is 0 Å².